The molecule has 0 bridgehead atoms. The van der Waals surface area contributed by atoms with Crippen molar-refractivity contribution < 1.29 is 14.3 Å². The number of nitrogens with one attached hydrogen (secondary N) is 1. The summed E-state index contributed by atoms with van der Waals surface area (Å²) in [4.78, 5) is 24.8. The Balaban J connectivity index is 1.58. The van der Waals surface area contributed by atoms with Gasteiger partial charge >= 0.3 is 5.97 Å². The molecular weight excluding hydrogens is 478 g/mol. The van der Waals surface area contributed by atoms with E-state index in [-0.39, 0.29) is 17.0 Å². The van der Waals surface area contributed by atoms with Crippen molar-refractivity contribution in [1.29, 1.82) is 0 Å². The van der Waals surface area contributed by atoms with Gasteiger partial charge in [-0.25, -0.2) is 9.48 Å². The van der Waals surface area contributed by atoms with E-state index in [0.29, 0.717) is 33.0 Å². The smallest absolute Gasteiger partial charge is 0.337 e. The second-order valence-electron chi connectivity index (χ2n) is 8.57. The highest BCUT2D eigenvalue weighted by atomic mass is 35.5. The van der Waals surface area contributed by atoms with Crippen LogP contribution in [-0.2, 0) is 0 Å². The van der Waals surface area contributed by atoms with Gasteiger partial charge < -0.3 is 14.8 Å². The minimum Gasteiger partial charge on any atom is -0.478 e. The average Bonchev–Trinajstić information content (AvgIpc) is 3.35. The first-order valence-corrected chi connectivity index (χ1v) is 11.7. The zero-order chi connectivity index (χ0) is 25.4. The molecule has 2 heterocycles. The number of carbonyl (C=O) groups is 1. The molecule has 0 fully saturated rings. The van der Waals surface area contributed by atoms with Gasteiger partial charge in [-0.1, -0.05) is 29.8 Å². The normalized spacial score (nSPS) is 12.0. The predicted molar refractivity (Wildman–Crippen MR) is 140 cm³/mol. The van der Waals surface area contributed by atoms with Crippen molar-refractivity contribution in [3.63, 3.8) is 0 Å². The summed E-state index contributed by atoms with van der Waals surface area (Å²) in [6.45, 7) is 3.81. The van der Waals surface area contributed by atoms with Crippen molar-refractivity contribution in [2.75, 3.05) is 5.32 Å². The molecule has 0 radical (unpaired) electrons. The summed E-state index contributed by atoms with van der Waals surface area (Å²) in [6, 6.07) is 18.8. The van der Waals surface area contributed by atoms with Crippen LogP contribution in [0.1, 0.15) is 34.5 Å². The van der Waals surface area contributed by atoms with Gasteiger partial charge in [-0.05, 0) is 61.9 Å². The number of halogens is 1. The Labute approximate surface area is 211 Å². The summed E-state index contributed by atoms with van der Waals surface area (Å²) >= 11 is 5.99. The Bertz CT molecular complexity index is 1650. The molecule has 5 rings (SSSR count). The van der Waals surface area contributed by atoms with Crippen LogP contribution in [0.4, 0.5) is 5.69 Å². The van der Waals surface area contributed by atoms with Crippen LogP contribution in [0.2, 0.25) is 5.02 Å². The molecule has 0 aliphatic rings. The number of nitrogens with zero attached hydrogens (tertiary/aromatic N) is 2. The lowest BCUT2D eigenvalue weighted by Gasteiger charge is -2.19. The molecule has 0 spiro atoms. The minimum atomic E-state index is -1.02. The maximum atomic E-state index is 13.1. The van der Waals surface area contributed by atoms with E-state index in [1.807, 2.05) is 32.0 Å². The third-order valence-corrected chi connectivity index (χ3v) is 6.21. The number of aromatic nitrogens is 2. The lowest BCUT2D eigenvalue weighted by molar-refractivity contribution is 0.0698. The van der Waals surface area contributed by atoms with Crippen LogP contribution in [0, 0.1) is 6.92 Å². The maximum Gasteiger partial charge on any atom is 0.337 e. The standard InChI is InChI=1S/C28H22ClN3O4/c1-16-11-22(17(2)31-24-6-4-3-5-21(24)28(34)35)27-23(12-16)25(33)13-26(36-27)18-14-30-32(15-18)20-9-7-19(29)8-10-20/h3-15,17,31H,1-2H3,(H,34,35). The summed E-state index contributed by atoms with van der Waals surface area (Å²) < 4.78 is 7.97. The van der Waals surface area contributed by atoms with Gasteiger partial charge in [0.25, 0.3) is 0 Å². The van der Waals surface area contributed by atoms with Gasteiger partial charge in [-0.15, -0.1) is 0 Å². The second kappa shape index (κ2) is 9.36. The number of hydrogen-bond acceptors (Lipinski definition) is 5. The number of hydrogen-bond donors (Lipinski definition) is 2. The van der Waals surface area contributed by atoms with Crippen LogP contribution in [0.5, 0.6) is 0 Å². The molecule has 0 aliphatic carbocycles. The van der Waals surface area contributed by atoms with E-state index in [1.54, 1.807) is 59.5 Å². The summed E-state index contributed by atoms with van der Waals surface area (Å²) in [5.74, 6) is -0.637. The first-order valence-electron chi connectivity index (χ1n) is 11.3. The van der Waals surface area contributed by atoms with E-state index in [4.69, 9.17) is 16.0 Å². The fourth-order valence-electron chi connectivity index (χ4n) is 4.19. The minimum absolute atomic E-state index is 0.165. The molecule has 36 heavy (non-hydrogen) atoms. The summed E-state index contributed by atoms with van der Waals surface area (Å²) in [6.07, 6.45) is 3.42. The fourth-order valence-corrected chi connectivity index (χ4v) is 4.32. The van der Waals surface area contributed by atoms with E-state index in [1.165, 1.54) is 6.07 Å². The van der Waals surface area contributed by atoms with Gasteiger partial charge in [0.2, 0.25) is 0 Å². The highest BCUT2D eigenvalue weighted by molar-refractivity contribution is 6.30. The maximum absolute atomic E-state index is 13.1. The fraction of sp³-hybridized carbons (Fsp3) is 0.107. The van der Waals surface area contributed by atoms with Gasteiger partial charge in [0, 0.05) is 28.5 Å². The molecule has 1 atom stereocenters. The number of aryl methyl sites for hydroxylation is 1. The molecule has 0 amide bonds. The Morgan fingerprint density at radius 1 is 1.11 bits per heavy atom. The molecule has 8 heteroatoms. The van der Waals surface area contributed by atoms with Crippen molar-refractivity contribution in [1.82, 2.24) is 9.78 Å². The second-order valence-corrected chi connectivity index (χ2v) is 9.01. The molecule has 0 aliphatic heterocycles. The van der Waals surface area contributed by atoms with Crippen LogP contribution in [0.3, 0.4) is 0 Å². The Morgan fingerprint density at radius 3 is 2.61 bits per heavy atom. The topological polar surface area (TPSA) is 97.4 Å². The zero-order valence-corrected chi connectivity index (χ0v) is 20.3. The third-order valence-electron chi connectivity index (χ3n) is 5.96. The summed E-state index contributed by atoms with van der Waals surface area (Å²) in [5.41, 5.74) is 4.02. The SMILES string of the molecule is Cc1cc(C(C)Nc2ccccc2C(=O)O)c2oc(-c3cnn(-c4ccc(Cl)cc4)c3)cc(=O)c2c1. The lowest BCUT2D eigenvalue weighted by atomic mass is 10.0. The van der Waals surface area contributed by atoms with Crippen LogP contribution in [-0.4, -0.2) is 20.9 Å². The zero-order valence-electron chi connectivity index (χ0n) is 19.5. The largest absolute Gasteiger partial charge is 0.478 e. The number of rotatable bonds is 6. The van der Waals surface area contributed by atoms with Crippen molar-refractivity contribution in [3.05, 3.63) is 111 Å². The van der Waals surface area contributed by atoms with E-state index < -0.39 is 5.97 Å². The van der Waals surface area contributed by atoms with Crippen molar-refractivity contribution in [2.24, 2.45) is 0 Å². The number of carboxylic acid groups (broad SMARTS) is 1. The van der Waals surface area contributed by atoms with Gasteiger partial charge in [-0.2, -0.15) is 5.10 Å². The van der Waals surface area contributed by atoms with Crippen LogP contribution >= 0.6 is 11.6 Å². The molecule has 7 nitrogen and oxygen atoms in total. The third kappa shape index (κ3) is 4.48. The van der Waals surface area contributed by atoms with Crippen LogP contribution in [0.15, 0.2) is 88.3 Å². The van der Waals surface area contributed by atoms with E-state index in [9.17, 15) is 14.7 Å². The first kappa shape index (κ1) is 23.4. The molecule has 0 saturated carbocycles. The van der Waals surface area contributed by atoms with E-state index in [0.717, 1.165) is 16.8 Å². The molecule has 2 aromatic heterocycles. The Kier molecular flexibility index (Phi) is 6.08. The predicted octanol–water partition coefficient (Wildman–Crippen LogP) is 6.48. The molecular formula is C28H22ClN3O4. The number of anilines is 1. The van der Waals surface area contributed by atoms with Crippen molar-refractivity contribution >= 4 is 34.2 Å². The van der Waals surface area contributed by atoms with Gasteiger partial charge in [0.1, 0.15) is 11.3 Å². The Morgan fingerprint density at radius 2 is 1.86 bits per heavy atom. The molecule has 2 N–H and O–H groups in total. The van der Waals surface area contributed by atoms with Crippen LogP contribution in [0.25, 0.3) is 28.0 Å². The lowest BCUT2D eigenvalue weighted by Crippen LogP contribution is -2.12. The first-order chi connectivity index (χ1) is 17.3. The molecule has 180 valence electrons. The average molecular weight is 500 g/mol. The van der Waals surface area contributed by atoms with Gasteiger partial charge in [0.15, 0.2) is 5.43 Å². The monoisotopic (exact) mass is 499 g/mol. The number of aromatic carboxylic acids is 1. The van der Waals surface area contributed by atoms with Crippen LogP contribution < -0.4 is 10.7 Å². The number of benzene rings is 3. The molecule has 1 unspecified atom stereocenters. The quantitative estimate of drug-likeness (QED) is 0.277. The van der Waals surface area contributed by atoms with Crippen molar-refractivity contribution in [2.45, 2.75) is 19.9 Å². The van der Waals surface area contributed by atoms with E-state index >= 15 is 0 Å². The summed E-state index contributed by atoms with van der Waals surface area (Å²) in [7, 11) is 0. The number of para-hydroxylation sites is 1. The molecule has 3 aromatic carbocycles. The number of carboxylic acids is 1. The summed E-state index contributed by atoms with van der Waals surface area (Å²) in [5, 5.41) is 18.3. The van der Waals surface area contributed by atoms with Gasteiger partial charge in [-0.3, -0.25) is 4.79 Å². The van der Waals surface area contributed by atoms with Gasteiger partial charge in [0.05, 0.1) is 34.4 Å². The van der Waals surface area contributed by atoms with Crippen molar-refractivity contribution in [3.8, 4) is 17.0 Å². The number of fused-ring (bicyclic) bond motifs is 1. The van der Waals surface area contributed by atoms with E-state index in [2.05, 4.69) is 10.4 Å². The Hall–Kier alpha value is -4.36. The highest BCUT2D eigenvalue weighted by Crippen LogP contribution is 2.31. The highest BCUT2D eigenvalue weighted by Gasteiger charge is 2.19. The molecule has 5 aromatic rings. The molecule has 0 saturated heterocycles.